The molecule has 0 aliphatic rings. The molecule has 2 nitrogen and oxygen atoms in total. The number of benzene rings is 1. The fourth-order valence-corrected chi connectivity index (χ4v) is 1.08. The Morgan fingerprint density at radius 2 is 2.00 bits per heavy atom. The highest BCUT2D eigenvalue weighted by atomic mass is 19.4. The Morgan fingerprint density at radius 1 is 1.23 bits per heavy atom. The lowest BCUT2D eigenvalue weighted by molar-refractivity contribution is 0.501. The molecule has 2 aromatic rings. The first-order chi connectivity index (χ1) is 6.07. The summed E-state index contributed by atoms with van der Waals surface area (Å²) in [5.41, 5.74) is -0.0650. The zero-order chi connectivity index (χ0) is 9.47. The Morgan fingerprint density at radius 3 is 2.69 bits per heavy atom. The van der Waals surface area contributed by atoms with E-state index in [-0.39, 0.29) is 5.58 Å². The van der Waals surface area contributed by atoms with Crippen LogP contribution < -0.4 is 5.46 Å². The lowest BCUT2D eigenvalue weighted by Gasteiger charge is -2.13. The number of nitrogens with zero attached hydrogens (tertiary/aromatic N) is 1. The van der Waals surface area contributed by atoms with E-state index in [4.69, 9.17) is 4.42 Å². The molecule has 0 unspecified atom stereocenters. The van der Waals surface area contributed by atoms with E-state index in [9.17, 15) is 12.9 Å². The Labute approximate surface area is 71.4 Å². The summed E-state index contributed by atoms with van der Waals surface area (Å²) in [4.78, 5) is 3.71. The van der Waals surface area contributed by atoms with E-state index in [0.717, 1.165) is 18.5 Å². The first kappa shape index (κ1) is 8.16. The summed E-state index contributed by atoms with van der Waals surface area (Å²) in [6.07, 6.45) is 1.12. The van der Waals surface area contributed by atoms with Gasteiger partial charge in [0.1, 0.15) is 5.52 Å². The van der Waals surface area contributed by atoms with E-state index >= 15 is 0 Å². The molecule has 0 amide bonds. The van der Waals surface area contributed by atoms with Crippen molar-refractivity contribution in [2.45, 2.75) is 0 Å². The maximum absolute atomic E-state index is 12.2. The Hall–Kier alpha value is -1.46. The fourth-order valence-electron chi connectivity index (χ4n) is 1.08. The molecule has 0 N–H and O–H groups in total. The zero-order valence-corrected chi connectivity index (χ0v) is 6.38. The van der Waals surface area contributed by atoms with Gasteiger partial charge in [-0.05, 0) is 12.1 Å². The maximum Gasteiger partial charge on any atom is 0.509 e. The second-order valence-electron chi connectivity index (χ2n) is 2.65. The van der Waals surface area contributed by atoms with Gasteiger partial charge in [0.2, 0.25) is 0 Å². The molecule has 68 valence electrons. The molecular formula is C7H4BF3NO-. The van der Waals surface area contributed by atoms with Crippen LogP contribution in [0.5, 0.6) is 0 Å². The minimum absolute atomic E-state index is 0.164. The Bertz CT molecular complexity index is 436. The lowest BCUT2D eigenvalue weighted by Crippen LogP contribution is -2.33. The molecule has 0 aliphatic carbocycles. The number of hydrogen-bond acceptors (Lipinski definition) is 2. The van der Waals surface area contributed by atoms with Gasteiger partial charge in [0.05, 0.1) is 0 Å². The third kappa shape index (κ3) is 1.39. The van der Waals surface area contributed by atoms with E-state index in [1.54, 1.807) is 0 Å². The molecule has 0 radical (unpaired) electrons. The predicted molar refractivity (Wildman–Crippen MR) is 42.7 cm³/mol. The molecule has 0 saturated heterocycles. The quantitative estimate of drug-likeness (QED) is 0.635. The minimum atomic E-state index is -4.95. The Kier molecular flexibility index (Phi) is 1.58. The molecule has 0 saturated carbocycles. The normalized spacial score (nSPS) is 12.2. The first-order valence-electron chi connectivity index (χ1n) is 3.60. The molecule has 13 heavy (non-hydrogen) atoms. The third-order valence-electron chi connectivity index (χ3n) is 1.73. The van der Waals surface area contributed by atoms with E-state index in [1.807, 2.05) is 0 Å². The SMILES string of the molecule is F[B-](F)(F)c1ccc2ncoc2c1. The topological polar surface area (TPSA) is 26.0 Å². The number of oxazole rings is 1. The van der Waals surface area contributed by atoms with Crippen LogP contribution in [0.4, 0.5) is 12.9 Å². The van der Waals surface area contributed by atoms with E-state index < -0.39 is 12.4 Å². The van der Waals surface area contributed by atoms with Crippen molar-refractivity contribution in [2.24, 2.45) is 0 Å². The van der Waals surface area contributed by atoms with Crippen molar-refractivity contribution < 1.29 is 17.4 Å². The van der Waals surface area contributed by atoms with Crippen LogP contribution in [0.2, 0.25) is 0 Å². The largest absolute Gasteiger partial charge is 0.509 e. The van der Waals surface area contributed by atoms with Gasteiger partial charge in [-0.15, -0.1) is 5.46 Å². The molecule has 1 aromatic carbocycles. The molecule has 0 bridgehead atoms. The lowest BCUT2D eigenvalue weighted by atomic mass is 9.80. The van der Waals surface area contributed by atoms with E-state index in [2.05, 4.69) is 4.98 Å². The molecule has 1 heterocycles. The van der Waals surface area contributed by atoms with Gasteiger partial charge < -0.3 is 17.4 Å². The summed E-state index contributed by atoms with van der Waals surface area (Å²) in [6.45, 7) is -4.95. The summed E-state index contributed by atoms with van der Waals surface area (Å²) < 4.78 is 41.4. The van der Waals surface area contributed by atoms with Crippen LogP contribution in [-0.4, -0.2) is 12.0 Å². The standard InChI is InChI=1S/C7H4BF3NO/c9-8(10,11)5-1-2-6-7(3-5)13-4-12-6/h1-4H/q-1. The molecule has 0 spiro atoms. The van der Waals surface area contributed by atoms with Crippen molar-refractivity contribution in [1.82, 2.24) is 4.98 Å². The van der Waals surface area contributed by atoms with E-state index in [0.29, 0.717) is 5.52 Å². The molecule has 1 aromatic heterocycles. The average Bonchev–Trinajstić information content (AvgIpc) is 2.47. The van der Waals surface area contributed by atoms with Gasteiger partial charge in [0, 0.05) is 0 Å². The summed E-state index contributed by atoms with van der Waals surface area (Å²) >= 11 is 0. The maximum atomic E-state index is 12.2. The number of hydrogen-bond donors (Lipinski definition) is 0. The molecule has 0 aliphatic heterocycles. The minimum Gasteiger partial charge on any atom is -0.445 e. The van der Waals surface area contributed by atoms with Crippen LogP contribution >= 0.6 is 0 Å². The molecule has 2 rings (SSSR count). The number of fused-ring (bicyclic) bond motifs is 1. The Balaban J connectivity index is 2.61. The van der Waals surface area contributed by atoms with Crippen LogP contribution in [0.1, 0.15) is 0 Å². The molecule has 0 atom stereocenters. The number of rotatable bonds is 1. The second kappa shape index (κ2) is 2.51. The summed E-state index contributed by atoms with van der Waals surface area (Å²) in [5.74, 6) is 0. The third-order valence-corrected chi connectivity index (χ3v) is 1.73. The predicted octanol–water partition coefficient (Wildman–Crippen LogP) is 1.88. The van der Waals surface area contributed by atoms with Gasteiger partial charge in [-0.2, -0.15) is 0 Å². The zero-order valence-electron chi connectivity index (χ0n) is 6.38. The smallest absolute Gasteiger partial charge is 0.445 e. The van der Waals surface area contributed by atoms with Gasteiger partial charge >= 0.3 is 6.98 Å². The van der Waals surface area contributed by atoms with Gasteiger partial charge in [-0.3, -0.25) is 0 Å². The number of halogens is 3. The first-order valence-corrected chi connectivity index (χ1v) is 3.60. The summed E-state index contributed by atoms with van der Waals surface area (Å²) in [7, 11) is 0. The van der Waals surface area contributed by atoms with Crippen molar-refractivity contribution in [3.63, 3.8) is 0 Å². The van der Waals surface area contributed by atoms with Crippen LogP contribution in [0.15, 0.2) is 29.0 Å². The highest BCUT2D eigenvalue weighted by molar-refractivity contribution is 6.73. The van der Waals surface area contributed by atoms with Crippen LogP contribution in [0.25, 0.3) is 11.1 Å². The van der Waals surface area contributed by atoms with Crippen molar-refractivity contribution in [2.75, 3.05) is 0 Å². The van der Waals surface area contributed by atoms with Gasteiger partial charge in [0.25, 0.3) is 0 Å². The molecule has 0 fully saturated rings. The van der Waals surface area contributed by atoms with Gasteiger partial charge in [0.15, 0.2) is 12.0 Å². The van der Waals surface area contributed by atoms with Crippen molar-refractivity contribution >= 4 is 23.5 Å². The van der Waals surface area contributed by atoms with Crippen molar-refractivity contribution in [3.05, 3.63) is 24.6 Å². The molecular weight excluding hydrogens is 182 g/mol. The van der Waals surface area contributed by atoms with Crippen LogP contribution in [-0.2, 0) is 0 Å². The van der Waals surface area contributed by atoms with Crippen molar-refractivity contribution in [3.8, 4) is 0 Å². The highest BCUT2D eigenvalue weighted by Gasteiger charge is 2.25. The summed E-state index contributed by atoms with van der Waals surface area (Å²) in [6, 6.07) is 3.26. The monoisotopic (exact) mass is 186 g/mol. The van der Waals surface area contributed by atoms with Gasteiger partial charge in [-0.25, -0.2) is 4.98 Å². The summed E-state index contributed by atoms with van der Waals surface area (Å²) in [5, 5.41) is 0. The van der Waals surface area contributed by atoms with Gasteiger partial charge in [-0.1, -0.05) is 6.07 Å². The van der Waals surface area contributed by atoms with Crippen LogP contribution in [0.3, 0.4) is 0 Å². The highest BCUT2D eigenvalue weighted by Crippen LogP contribution is 2.14. The number of aromatic nitrogens is 1. The van der Waals surface area contributed by atoms with Crippen LogP contribution in [0, 0.1) is 0 Å². The molecule has 6 heteroatoms. The second-order valence-corrected chi connectivity index (χ2v) is 2.65. The van der Waals surface area contributed by atoms with Crippen molar-refractivity contribution in [1.29, 1.82) is 0 Å². The average molecular weight is 186 g/mol. The fraction of sp³-hybridized carbons (Fsp3) is 0. The van der Waals surface area contributed by atoms with E-state index in [1.165, 1.54) is 6.07 Å².